The monoisotopic (exact) mass is 410 g/mol. The van der Waals surface area contributed by atoms with Gasteiger partial charge in [0.2, 0.25) is 0 Å². The number of likely N-dealkylation sites (tertiary alicyclic amines) is 1. The normalized spacial score (nSPS) is 16.8. The summed E-state index contributed by atoms with van der Waals surface area (Å²) in [6, 6.07) is 7.44. The van der Waals surface area contributed by atoms with Crippen molar-refractivity contribution in [1.29, 1.82) is 0 Å². The quantitative estimate of drug-likeness (QED) is 0.753. The van der Waals surface area contributed by atoms with Crippen LogP contribution in [-0.4, -0.2) is 52.6 Å². The van der Waals surface area contributed by atoms with E-state index >= 15 is 0 Å². The molecule has 0 spiro atoms. The highest BCUT2D eigenvalue weighted by atomic mass is 16.5. The highest BCUT2D eigenvalue weighted by Crippen LogP contribution is 2.23. The minimum absolute atomic E-state index is 0.0362. The summed E-state index contributed by atoms with van der Waals surface area (Å²) in [5, 5.41) is 3.03. The summed E-state index contributed by atoms with van der Waals surface area (Å²) in [5.74, 6) is 0.662. The lowest BCUT2D eigenvalue weighted by Crippen LogP contribution is -2.42. The number of hydrogen-bond acceptors (Lipinski definition) is 5. The lowest BCUT2D eigenvalue weighted by Gasteiger charge is -2.36. The molecule has 2 heterocycles. The number of ether oxygens (including phenoxy) is 1. The first-order valence-electron chi connectivity index (χ1n) is 10.8. The van der Waals surface area contributed by atoms with Gasteiger partial charge < -0.3 is 15.0 Å². The van der Waals surface area contributed by atoms with Gasteiger partial charge in [-0.3, -0.25) is 14.8 Å². The van der Waals surface area contributed by atoms with Crippen LogP contribution >= 0.6 is 0 Å². The van der Waals surface area contributed by atoms with Gasteiger partial charge in [0.05, 0.1) is 5.69 Å². The minimum atomic E-state index is -0.100. The van der Waals surface area contributed by atoms with Crippen LogP contribution in [0.3, 0.4) is 0 Å². The Bertz CT molecular complexity index is 811. The summed E-state index contributed by atoms with van der Waals surface area (Å²) < 4.78 is 6.20. The van der Waals surface area contributed by atoms with Crippen LogP contribution in [0.15, 0.2) is 42.9 Å². The molecule has 1 aromatic carbocycles. The predicted octanol–water partition coefficient (Wildman–Crippen LogP) is 3.73. The van der Waals surface area contributed by atoms with Gasteiger partial charge in [-0.15, -0.1) is 0 Å². The van der Waals surface area contributed by atoms with Crippen LogP contribution in [0.2, 0.25) is 0 Å². The molecule has 30 heavy (non-hydrogen) atoms. The maximum atomic E-state index is 12.7. The number of nitrogens with zero attached hydrogens (tertiary/aromatic N) is 3. The van der Waals surface area contributed by atoms with Crippen molar-refractivity contribution in [2.24, 2.45) is 5.41 Å². The summed E-state index contributed by atoms with van der Waals surface area (Å²) in [7, 11) is 0. The molecule has 1 amide bonds. The molecule has 1 aromatic heterocycles. The van der Waals surface area contributed by atoms with Crippen LogP contribution in [0.1, 0.15) is 56.6 Å². The van der Waals surface area contributed by atoms with E-state index in [4.69, 9.17) is 4.74 Å². The molecule has 0 saturated carbocycles. The van der Waals surface area contributed by atoms with Crippen LogP contribution in [0, 0.1) is 5.41 Å². The van der Waals surface area contributed by atoms with Crippen molar-refractivity contribution < 1.29 is 9.53 Å². The summed E-state index contributed by atoms with van der Waals surface area (Å²) in [5.41, 5.74) is 1.79. The molecular formula is C24H34N4O2. The second kappa shape index (κ2) is 10.0. The van der Waals surface area contributed by atoms with E-state index in [9.17, 15) is 4.79 Å². The zero-order valence-corrected chi connectivity index (χ0v) is 18.6. The fraction of sp³-hybridized carbons (Fsp3) is 0.542. The molecule has 1 aliphatic rings. The first kappa shape index (κ1) is 22.2. The Labute approximate surface area is 180 Å². The Kier molecular flexibility index (Phi) is 7.43. The molecule has 6 heteroatoms. The number of nitrogens with one attached hydrogen (secondary N) is 1. The second-order valence-corrected chi connectivity index (χ2v) is 9.46. The molecular weight excluding hydrogens is 376 g/mol. The van der Waals surface area contributed by atoms with Gasteiger partial charge in [-0.05, 0) is 43.4 Å². The molecule has 0 bridgehead atoms. The second-order valence-electron chi connectivity index (χ2n) is 9.46. The van der Waals surface area contributed by atoms with Gasteiger partial charge in [-0.1, -0.05) is 26.8 Å². The van der Waals surface area contributed by atoms with Gasteiger partial charge >= 0.3 is 0 Å². The fourth-order valence-corrected chi connectivity index (χ4v) is 3.87. The van der Waals surface area contributed by atoms with Crippen LogP contribution in [-0.2, 0) is 6.42 Å². The molecule has 2 aromatic rings. The Morgan fingerprint density at radius 2 is 2.03 bits per heavy atom. The molecule has 0 unspecified atom stereocenters. The summed E-state index contributed by atoms with van der Waals surface area (Å²) in [6.45, 7) is 12.0. The van der Waals surface area contributed by atoms with E-state index in [0.29, 0.717) is 17.4 Å². The molecule has 1 N–H and O–H groups in total. The number of piperidine rings is 1. The Morgan fingerprint density at radius 3 is 2.70 bits per heavy atom. The molecule has 1 saturated heterocycles. The maximum Gasteiger partial charge on any atom is 0.251 e. The lowest BCUT2D eigenvalue weighted by molar-refractivity contribution is 0.0808. The standard InChI is InChI=1S/C24H34N4O2/c1-18(14-20-16-25-10-11-26-20)27-23(29)19-6-5-7-22(15-19)30-21-8-12-28(13-9-21)17-24(2,3)4/h5-7,10-11,15-16,18,21H,8-9,12-14,17H2,1-4H3,(H,27,29)/t18-/m1/s1. The molecule has 162 valence electrons. The van der Waals surface area contributed by atoms with E-state index in [1.807, 2.05) is 31.2 Å². The van der Waals surface area contributed by atoms with Crippen LogP contribution in [0.5, 0.6) is 5.75 Å². The van der Waals surface area contributed by atoms with Crippen LogP contribution < -0.4 is 10.1 Å². The average Bonchev–Trinajstić information content (AvgIpc) is 2.69. The summed E-state index contributed by atoms with van der Waals surface area (Å²) in [4.78, 5) is 23.5. The van der Waals surface area contributed by atoms with Gasteiger partial charge in [-0.2, -0.15) is 0 Å². The van der Waals surface area contributed by atoms with Gasteiger partial charge in [0, 0.05) is 56.3 Å². The zero-order chi connectivity index (χ0) is 21.6. The summed E-state index contributed by atoms with van der Waals surface area (Å²) in [6.07, 6.45) is 7.91. The first-order chi connectivity index (χ1) is 14.3. The third-order valence-electron chi connectivity index (χ3n) is 5.14. The van der Waals surface area contributed by atoms with Crippen LogP contribution in [0.25, 0.3) is 0 Å². The van der Waals surface area contributed by atoms with Gasteiger partial charge in [0.25, 0.3) is 5.91 Å². The molecule has 3 rings (SSSR count). The number of hydrogen-bond donors (Lipinski definition) is 1. The number of rotatable bonds is 7. The van der Waals surface area contributed by atoms with E-state index in [0.717, 1.165) is 43.9 Å². The lowest BCUT2D eigenvalue weighted by atomic mass is 9.94. The topological polar surface area (TPSA) is 67.3 Å². The predicted molar refractivity (Wildman–Crippen MR) is 119 cm³/mol. The van der Waals surface area contributed by atoms with Gasteiger partial charge in [0.1, 0.15) is 11.9 Å². The van der Waals surface area contributed by atoms with E-state index in [1.165, 1.54) is 0 Å². The third-order valence-corrected chi connectivity index (χ3v) is 5.14. The number of aromatic nitrogens is 2. The highest BCUT2D eigenvalue weighted by molar-refractivity contribution is 5.94. The SMILES string of the molecule is C[C@H](Cc1cnccn1)NC(=O)c1cccc(OC2CCN(CC(C)(C)C)CC2)c1. The molecule has 1 fully saturated rings. The Hall–Kier alpha value is -2.47. The Morgan fingerprint density at radius 1 is 1.27 bits per heavy atom. The van der Waals surface area contributed by atoms with Crippen molar-refractivity contribution in [1.82, 2.24) is 20.2 Å². The zero-order valence-electron chi connectivity index (χ0n) is 18.6. The number of carbonyl (C=O) groups is 1. The Balaban J connectivity index is 1.50. The van der Waals surface area contributed by atoms with Crippen molar-refractivity contribution in [3.8, 4) is 5.75 Å². The van der Waals surface area contributed by atoms with Crippen molar-refractivity contribution in [2.75, 3.05) is 19.6 Å². The maximum absolute atomic E-state index is 12.7. The molecule has 0 radical (unpaired) electrons. The largest absolute Gasteiger partial charge is 0.490 e. The molecule has 1 atom stereocenters. The number of benzene rings is 1. The van der Waals surface area contributed by atoms with Crippen LogP contribution in [0.4, 0.5) is 0 Å². The molecule has 0 aliphatic carbocycles. The van der Waals surface area contributed by atoms with E-state index in [-0.39, 0.29) is 18.1 Å². The first-order valence-corrected chi connectivity index (χ1v) is 10.8. The summed E-state index contributed by atoms with van der Waals surface area (Å²) >= 11 is 0. The van der Waals surface area contributed by atoms with Crippen molar-refractivity contribution in [3.05, 3.63) is 54.1 Å². The van der Waals surface area contributed by atoms with Crippen molar-refractivity contribution in [2.45, 2.75) is 59.1 Å². The van der Waals surface area contributed by atoms with Crippen molar-refractivity contribution in [3.63, 3.8) is 0 Å². The van der Waals surface area contributed by atoms with E-state index in [2.05, 4.69) is 41.0 Å². The number of carbonyl (C=O) groups excluding carboxylic acids is 1. The fourth-order valence-electron chi connectivity index (χ4n) is 3.87. The minimum Gasteiger partial charge on any atom is -0.490 e. The highest BCUT2D eigenvalue weighted by Gasteiger charge is 2.24. The van der Waals surface area contributed by atoms with E-state index < -0.39 is 0 Å². The van der Waals surface area contributed by atoms with Crippen molar-refractivity contribution >= 4 is 5.91 Å². The van der Waals surface area contributed by atoms with E-state index in [1.54, 1.807) is 18.6 Å². The smallest absolute Gasteiger partial charge is 0.251 e. The third kappa shape index (κ3) is 7.10. The number of amides is 1. The van der Waals surface area contributed by atoms with Gasteiger partial charge in [0.15, 0.2) is 0 Å². The van der Waals surface area contributed by atoms with Gasteiger partial charge in [-0.25, -0.2) is 0 Å². The molecule has 6 nitrogen and oxygen atoms in total. The molecule has 1 aliphatic heterocycles. The average molecular weight is 411 g/mol.